The van der Waals surface area contributed by atoms with E-state index in [0.717, 1.165) is 0 Å². The van der Waals surface area contributed by atoms with Gasteiger partial charge < -0.3 is 19.8 Å². The minimum absolute atomic E-state index is 0.000555. The molecular formula is C12H21N3O4. The quantitative estimate of drug-likeness (QED) is 0.766. The van der Waals surface area contributed by atoms with Crippen LogP contribution in [-0.4, -0.2) is 78.5 Å². The summed E-state index contributed by atoms with van der Waals surface area (Å²) in [5.74, 6) is -1.43. The lowest BCUT2D eigenvalue weighted by Crippen LogP contribution is -2.57. The van der Waals surface area contributed by atoms with Crippen LogP contribution in [0.2, 0.25) is 0 Å². The molecule has 1 fully saturated rings. The topological polar surface area (TPSA) is 81.2 Å². The van der Waals surface area contributed by atoms with Crippen molar-refractivity contribution >= 4 is 17.9 Å². The molecule has 108 valence electrons. The van der Waals surface area contributed by atoms with Crippen molar-refractivity contribution in [1.82, 2.24) is 14.7 Å². The number of carboxylic acid groups (broad SMARTS) is 1. The van der Waals surface area contributed by atoms with Crippen LogP contribution in [0.3, 0.4) is 0 Å². The number of hydrogen-bond donors (Lipinski definition) is 1. The lowest BCUT2D eigenvalue weighted by molar-refractivity contribution is -0.144. The molecular weight excluding hydrogens is 250 g/mol. The molecule has 1 saturated heterocycles. The van der Waals surface area contributed by atoms with Gasteiger partial charge in [0.2, 0.25) is 5.91 Å². The summed E-state index contributed by atoms with van der Waals surface area (Å²) in [5.41, 5.74) is 0. The Balaban J connectivity index is 2.41. The lowest BCUT2D eigenvalue weighted by atomic mass is 9.87. The van der Waals surface area contributed by atoms with Crippen molar-refractivity contribution in [3.8, 4) is 0 Å². The molecule has 0 spiro atoms. The molecule has 1 unspecified atom stereocenters. The first-order valence-electron chi connectivity index (χ1n) is 6.17. The Hall–Kier alpha value is -1.79. The number of aliphatic carboxylic acids is 1. The van der Waals surface area contributed by atoms with Crippen LogP contribution in [0.25, 0.3) is 0 Å². The zero-order chi connectivity index (χ0) is 14.7. The molecule has 3 amide bonds. The third kappa shape index (κ3) is 3.59. The second kappa shape index (κ2) is 5.90. The highest BCUT2D eigenvalue weighted by Gasteiger charge is 2.38. The molecule has 1 atom stereocenters. The van der Waals surface area contributed by atoms with Gasteiger partial charge in [0.15, 0.2) is 0 Å². The fraction of sp³-hybridized carbons (Fsp3) is 0.750. The Morgan fingerprint density at radius 1 is 1.26 bits per heavy atom. The van der Waals surface area contributed by atoms with Crippen LogP contribution < -0.4 is 0 Å². The maximum Gasteiger partial charge on any atom is 0.320 e. The molecule has 1 heterocycles. The van der Waals surface area contributed by atoms with Crippen molar-refractivity contribution in [1.29, 1.82) is 0 Å². The van der Waals surface area contributed by atoms with Gasteiger partial charge in [0.05, 0.1) is 5.92 Å². The third-order valence-corrected chi connectivity index (χ3v) is 3.47. The summed E-state index contributed by atoms with van der Waals surface area (Å²) in [6.45, 7) is 2.55. The first kappa shape index (κ1) is 15.3. The van der Waals surface area contributed by atoms with Crippen LogP contribution in [0.4, 0.5) is 4.79 Å². The largest absolute Gasteiger partial charge is 0.481 e. The first-order chi connectivity index (χ1) is 8.73. The summed E-state index contributed by atoms with van der Waals surface area (Å²) >= 11 is 0. The molecule has 0 radical (unpaired) electrons. The maximum absolute atomic E-state index is 12.0. The van der Waals surface area contributed by atoms with Crippen LogP contribution in [0.15, 0.2) is 0 Å². The Labute approximate surface area is 112 Å². The standard InChI is InChI=1S/C12H21N3O4/c1-8(11(17)18)9-5-15(6-9)12(19)14(4)7-10(16)13(2)3/h8-9H,5-7H2,1-4H3,(H,17,18). The summed E-state index contributed by atoms with van der Waals surface area (Å²) < 4.78 is 0. The van der Waals surface area contributed by atoms with E-state index in [-0.39, 0.29) is 24.4 Å². The number of urea groups is 1. The fourth-order valence-corrected chi connectivity index (χ4v) is 1.84. The van der Waals surface area contributed by atoms with E-state index < -0.39 is 11.9 Å². The number of amides is 3. The van der Waals surface area contributed by atoms with Crippen molar-refractivity contribution in [3.63, 3.8) is 0 Å². The lowest BCUT2D eigenvalue weighted by Gasteiger charge is -2.42. The van der Waals surface area contributed by atoms with Crippen molar-refractivity contribution in [2.45, 2.75) is 6.92 Å². The SMILES string of the molecule is CC(C(=O)O)C1CN(C(=O)N(C)CC(=O)N(C)C)C1. The summed E-state index contributed by atoms with van der Waals surface area (Å²) in [6.07, 6.45) is 0. The van der Waals surface area contributed by atoms with E-state index in [1.54, 1.807) is 33.0 Å². The number of likely N-dealkylation sites (tertiary alicyclic amines) is 1. The predicted molar refractivity (Wildman–Crippen MR) is 68.6 cm³/mol. The molecule has 1 rings (SSSR count). The molecule has 0 aliphatic carbocycles. The monoisotopic (exact) mass is 271 g/mol. The zero-order valence-electron chi connectivity index (χ0n) is 11.8. The maximum atomic E-state index is 12.0. The number of carbonyl (C=O) groups excluding carboxylic acids is 2. The molecule has 0 bridgehead atoms. The predicted octanol–water partition coefficient (Wildman–Crippen LogP) is -0.221. The average Bonchev–Trinajstić information content (AvgIpc) is 2.25. The number of carbonyl (C=O) groups is 3. The van der Waals surface area contributed by atoms with Gasteiger partial charge in [0.25, 0.3) is 0 Å². The molecule has 7 nitrogen and oxygen atoms in total. The molecule has 0 aromatic carbocycles. The van der Waals surface area contributed by atoms with E-state index in [1.807, 2.05) is 0 Å². The molecule has 7 heteroatoms. The number of hydrogen-bond acceptors (Lipinski definition) is 3. The summed E-state index contributed by atoms with van der Waals surface area (Å²) in [4.78, 5) is 38.6. The smallest absolute Gasteiger partial charge is 0.320 e. The second-order valence-corrected chi connectivity index (χ2v) is 5.22. The highest BCUT2D eigenvalue weighted by Crippen LogP contribution is 2.24. The first-order valence-corrected chi connectivity index (χ1v) is 6.17. The minimum Gasteiger partial charge on any atom is -0.481 e. The van der Waals surface area contributed by atoms with E-state index in [1.165, 1.54) is 9.80 Å². The van der Waals surface area contributed by atoms with Crippen LogP contribution >= 0.6 is 0 Å². The average molecular weight is 271 g/mol. The van der Waals surface area contributed by atoms with Gasteiger partial charge in [0.1, 0.15) is 6.54 Å². The van der Waals surface area contributed by atoms with Gasteiger partial charge in [-0.1, -0.05) is 6.92 Å². The Kier molecular flexibility index (Phi) is 4.74. The number of likely N-dealkylation sites (N-methyl/N-ethyl adjacent to an activating group) is 2. The van der Waals surface area contributed by atoms with Gasteiger partial charge in [-0.15, -0.1) is 0 Å². The third-order valence-electron chi connectivity index (χ3n) is 3.47. The number of rotatable bonds is 4. The molecule has 0 aromatic heterocycles. The van der Waals surface area contributed by atoms with Crippen LogP contribution in [0.5, 0.6) is 0 Å². The minimum atomic E-state index is -0.840. The van der Waals surface area contributed by atoms with Gasteiger partial charge >= 0.3 is 12.0 Å². The highest BCUT2D eigenvalue weighted by atomic mass is 16.4. The van der Waals surface area contributed by atoms with Crippen molar-refractivity contribution in [2.24, 2.45) is 11.8 Å². The molecule has 1 N–H and O–H groups in total. The molecule has 19 heavy (non-hydrogen) atoms. The van der Waals surface area contributed by atoms with E-state index in [9.17, 15) is 14.4 Å². The van der Waals surface area contributed by atoms with Crippen molar-refractivity contribution in [3.05, 3.63) is 0 Å². The van der Waals surface area contributed by atoms with Gasteiger partial charge in [-0.05, 0) is 0 Å². The van der Waals surface area contributed by atoms with Gasteiger partial charge in [0, 0.05) is 40.2 Å². The fourth-order valence-electron chi connectivity index (χ4n) is 1.84. The van der Waals surface area contributed by atoms with E-state index in [4.69, 9.17) is 5.11 Å². The normalized spacial score (nSPS) is 16.5. The second-order valence-electron chi connectivity index (χ2n) is 5.22. The van der Waals surface area contributed by atoms with Gasteiger partial charge in [-0.25, -0.2) is 4.79 Å². The van der Waals surface area contributed by atoms with Gasteiger partial charge in [-0.3, -0.25) is 9.59 Å². The summed E-state index contributed by atoms with van der Waals surface area (Å²) in [5, 5.41) is 8.87. The molecule has 1 aliphatic rings. The van der Waals surface area contributed by atoms with E-state index in [0.29, 0.717) is 13.1 Å². The molecule has 1 aliphatic heterocycles. The molecule has 0 aromatic rings. The van der Waals surface area contributed by atoms with Crippen LogP contribution in [0, 0.1) is 11.8 Å². The van der Waals surface area contributed by atoms with Crippen LogP contribution in [0.1, 0.15) is 6.92 Å². The number of nitrogens with zero attached hydrogens (tertiary/aromatic N) is 3. The van der Waals surface area contributed by atoms with E-state index >= 15 is 0 Å². The van der Waals surface area contributed by atoms with E-state index in [2.05, 4.69) is 0 Å². The Morgan fingerprint density at radius 2 is 1.79 bits per heavy atom. The Bertz CT molecular complexity index is 377. The highest BCUT2D eigenvalue weighted by molar-refractivity contribution is 5.84. The molecule has 0 saturated carbocycles. The Morgan fingerprint density at radius 3 is 2.21 bits per heavy atom. The van der Waals surface area contributed by atoms with Gasteiger partial charge in [-0.2, -0.15) is 0 Å². The zero-order valence-corrected chi connectivity index (χ0v) is 11.8. The summed E-state index contributed by atoms with van der Waals surface area (Å²) in [7, 11) is 4.83. The van der Waals surface area contributed by atoms with Crippen LogP contribution in [-0.2, 0) is 9.59 Å². The van der Waals surface area contributed by atoms with Crippen molar-refractivity contribution in [2.75, 3.05) is 40.8 Å². The summed E-state index contributed by atoms with van der Waals surface area (Å²) in [6, 6.07) is -0.232. The number of carboxylic acids is 1. The van der Waals surface area contributed by atoms with Crippen molar-refractivity contribution < 1.29 is 19.5 Å².